The number of thioether (sulfide) groups is 1. The summed E-state index contributed by atoms with van der Waals surface area (Å²) < 4.78 is 15.8. The number of nitrogens with one attached hydrogen (secondary N) is 1. The van der Waals surface area contributed by atoms with E-state index in [1.165, 1.54) is 0 Å². The normalized spacial score (nSPS) is 19.3. The van der Waals surface area contributed by atoms with E-state index < -0.39 is 0 Å². The number of rotatable bonds is 2. The van der Waals surface area contributed by atoms with E-state index in [1.54, 1.807) is 12.1 Å². The summed E-state index contributed by atoms with van der Waals surface area (Å²) in [6.45, 7) is 3.89. The maximum absolute atomic E-state index is 11.8. The zero-order valence-corrected chi connectivity index (χ0v) is 13.8. The number of carbonyl (C=O) groups is 1. The van der Waals surface area contributed by atoms with E-state index in [9.17, 15) is 4.79 Å². The largest absolute Gasteiger partial charge is 0.454 e. The molecule has 0 radical (unpaired) electrons. The topological polar surface area (TPSA) is 86.0 Å². The number of aromatic nitrogens is 1. The molecule has 0 spiro atoms. The van der Waals surface area contributed by atoms with Gasteiger partial charge in [0, 0.05) is 11.6 Å². The third-order valence-electron chi connectivity index (χ3n) is 3.62. The average molecular weight is 343 g/mol. The summed E-state index contributed by atoms with van der Waals surface area (Å²) >= 11 is 1.09. The molecular weight excluding hydrogens is 330 g/mol. The molecule has 8 heteroatoms. The van der Waals surface area contributed by atoms with Gasteiger partial charge in [0.25, 0.3) is 5.24 Å². The summed E-state index contributed by atoms with van der Waals surface area (Å²) in [7, 11) is 0. The third kappa shape index (κ3) is 2.65. The molecule has 122 valence electrons. The van der Waals surface area contributed by atoms with Crippen molar-refractivity contribution in [3.63, 3.8) is 0 Å². The highest BCUT2D eigenvalue weighted by Crippen LogP contribution is 2.36. The van der Waals surface area contributed by atoms with Crippen LogP contribution in [0.5, 0.6) is 11.5 Å². The van der Waals surface area contributed by atoms with E-state index in [1.807, 2.05) is 26.0 Å². The van der Waals surface area contributed by atoms with Crippen molar-refractivity contribution in [2.75, 3.05) is 6.79 Å². The number of hydrogen-bond acceptors (Lipinski definition) is 7. The summed E-state index contributed by atoms with van der Waals surface area (Å²) in [6, 6.07) is 5.38. The van der Waals surface area contributed by atoms with Crippen LogP contribution in [0.1, 0.15) is 17.0 Å². The van der Waals surface area contributed by atoms with Gasteiger partial charge in [0.05, 0.1) is 16.3 Å². The monoisotopic (exact) mass is 343 g/mol. The van der Waals surface area contributed by atoms with E-state index in [4.69, 9.17) is 14.0 Å². The van der Waals surface area contributed by atoms with Crippen molar-refractivity contribution in [1.29, 1.82) is 0 Å². The van der Waals surface area contributed by atoms with Crippen molar-refractivity contribution in [1.82, 2.24) is 10.5 Å². The number of amidine groups is 1. The first-order chi connectivity index (χ1) is 11.6. The van der Waals surface area contributed by atoms with Crippen molar-refractivity contribution in [2.45, 2.75) is 13.8 Å². The lowest BCUT2D eigenvalue weighted by molar-refractivity contribution is 0.174. The lowest BCUT2D eigenvalue weighted by Crippen LogP contribution is -2.18. The van der Waals surface area contributed by atoms with Crippen LogP contribution < -0.4 is 14.8 Å². The molecule has 0 atom stereocenters. The minimum absolute atomic E-state index is 0.174. The fourth-order valence-corrected chi connectivity index (χ4v) is 3.14. The molecule has 1 aromatic heterocycles. The minimum atomic E-state index is -0.174. The van der Waals surface area contributed by atoms with E-state index >= 15 is 0 Å². The lowest BCUT2D eigenvalue weighted by Gasteiger charge is -2.01. The average Bonchev–Trinajstić information content (AvgIpc) is 3.23. The molecule has 3 heterocycles. The third-order valence-corrected chi connectivity index (χ3v) is 4.44. The van der Waals surface area contributed by atoms with Gasteiger partial charge in [0.2, 0.25) is 6.79 Å². The zero-order valence-electron chi connectivity index (χ0n) is 13.0. The van der Waals surface area contributed by atoms with Crippen LogP contribution in [0.15, 0.2) is 32.6 Å². The molecule has 1 fully saturated rings. The summed E-state index contributed by atoms with van der Waals surface area (Å²) in [5.74, 6) is 2.52. The molecule has 1 saturated heterocycles. The van der Waals surface area contributed by atoms with E-state index in [0.717, 1.165) is 23.0 Å². The fourth-order valence-electron chi connectivity index (χ4n) is 2.42. The number of hydrogen-bond donors (Lipinski definition) is 1. The quantitative estimate of drug-likeness (QED) is 0.897. The fraction of sp³-hybridized carbons (Fsp3) is 0.188. The summed E-state index contributed by atoms with van der Waals surface area (Å²) in [5, 5.41) is 6.50. The van der Waals surface area contributed by atoms with Gasteiger partial charge in [-0.05, 0) is 43.8 Å². The molecule has 2 aliphatic rings. The van der Waals surface area contributed by atoms with Gasteiger partial charge in [-0.2, -0.15) is 0 Å². The molecule has 24 heavy (non-hydrogen) atoms. The summed E-state index contributed by atoms with van der Waals surface area (Å²) in [5.41, 5.74) is 2.29. The first kappa shape index (κ1) is 14.8. The van der Waals surface area contributed by atoms with Gasteiger partial charge in [-0.25, -0.2) is 4.99 Å². The number of carbonyl (C=O) groups excluding carboxylic acids is 1. The minimum Gasteiger partial charge on any atom is -0.454 e. The molecule has 4 rings (SSSR count). The van der Waals surface area contributed by atoms with Crippen LogP contribution in [0, 0.1) is 13.8 Å². The standard InChI is InChI=1S/C16H13N3O4S/c1-8-11(9(2)23-19-8)6-14-15(18-16(20)24-14)17-10-3-4-12-13(5-10)22-7-21-12/h3-6H,7H2,1-2H3,(H,17,18,20). The van der Waals surface area contributed by atoms with Gasteiger partial charge in [0.15, 0.2) is 11.5 Å². The van der Waals surface area contributed by atoms with Crippen LogP contribution in [0.4, 0.5) is 10.5 Å². The molecule has 2 aromatic rings. The van der Waals surface area contributed by atoms with Gasteiger partial charge >= 0.3 is 0 Å². The molecule has 0 saturated carbocycles. The zero-order chi connectivity index (χ0) is 16.7. The van der Waals surface area contributed by atoms with Crippen molar-refractivity contribution in [3.8, 4) is 11.5 Å². The maximum Gasteiger partial charge on any atom is 0.289 e. The molecular formula is C16H13N3O4S. The van der Waals surface area contributed by atoms with Crippen LogP contribution >= 0.6 is 11.8 Å². The van der Waals surface area contributed by atoms with Gasteiger partial charge in [-0.1, -0.05) is 5.16 Å². The Morgan fingerprint density at radius 3 is 2.92 bits per heavy atom. The van der Waals surface area contributed by atoms with Crippen molar-refractivity contribution in [2.24, 2.45) is 4.99 Å². The molecule has 1 N–H and O–H groups in total. The summed E-state index contributed by atoms with van der Waals surface area (Å²) in [6.07, 6.45) is 1.86. The Hall–Kier alpha value is -2.74. The Labute approximate surface area is 141 Å². The van der Waals surface area contributed by atoms with Gasteiger partial charge in [-0.3, -0.25) is 4.79 Å². The van der Waals surface area contributed by atoms with E-state index in [2.05, 4.69) is 15.5 Å². The first-order valence-electron chi connectivity index (χ1n) is 7.22. The number of nitrogens with zero attached hydrogens (tertiary/aromatic N) is 2. The smallest absolute Gasteiger partial charge is 0.289 e. The molecule has 2 aliphatic heterocycles. The highest BCUT2D eigenvalue weighted by Gasteiger charge is 2.25. The molecule has 0 unspecified atom stereocenters. The van der Waals surface area contributed by atoms with Crippen molar-refractivity contribution in [3.05, 3.63) is 40.1 Å². The highest BCUT2D eigenvalue weighted by atomic mass is 32.2. The predicted molar refractivity (Wildman–Crippen MR) is 89.7 cm³/mol. The van der Waals surface area contributed by atoms with Crippen LogP contribution in [0.2, 0.25) is 0 Å². The van der Waals surface area contributed by atoms with Gasteiger partial charge in [0.1, 0.15) is 11.6 Å². The molecule has 7 nitrogen and oxygen atoms in total. The maximum atomic E-state index is 11.8. The number of benzene rings is 1. The number of amides is 1. The lowest BCUT2D eigenvalue weighted by atomic mass is 10.2. The second-order valence-electron chi connectivity index (χ2n) is 5.26. The number of aliphatic imine (C=N–C) groups is 1. The van der Waals surface area contributed by atoms with Crippen molar-refractivity contribution < 1.29 is 18.8 Å². The Morgan fingerprint density at radius 1 is 1.29 bits per heavy atom. The molecule has 0 aliphatic carbocycles. The van der Waals surface area contributed by atoms with Gasteiger partial charge in [-0.15, -0.1) is 0 Å². The van der Waals surface area contributed by atoms with Gasteiger partial charge < -0.3 is 19.3 Å². The predicted octanol–water partition coefficient (Wildman–Crippen LogP) is 3.55. The Morgan fingerprint density at radius 2 is 2.12 bits per heavy atom. The van der Waals surface area contributed by atoms with Crippen molar-refractivity contribution >= 4 is 34.6 Å². The molecule has 1 aromatic carbocycles. The van der Waals surface area contributed by atoms with E-state index in [-0.39, 0.29) is 12.0 Å². The Bertz CT molecular complexity index is 881. The van der Waals surface area contributed by atoms with Crippen LogP contribution in [0.25, 0.3) is 6.08 Å². The van der Waals surface area contributed by atoms with E-state index in [0.29, 0.717) is 33.7 Å². The Kier molecular flexibility index (Phi) is 3.53. The second kappa shape index (κ2) is 5.72. The number of ether oxygens (including phenoxy) is 2. The van der Waals surface area contributed by atoms with Crippen LogP contribution in [-0.2, 0) is 0 Å². The number of aryl methyl sites for hydroxylation is 2. The Balaban J connectivity index is 1.71. The first-order valence-corrected chi connectivity index (χ1v) is 8.04. The SMILES string of the molecule is Cc1noc(C)c1C=C1SC(=O)NC1=Nc1ccc2c(c1)OCO2. The molecule has 1 amide bonds. The van der Waals surface area contributed by atoms with Crippen LogP contribution in [-0.4, -0.2) is 23.0 Å². The van der Waals surface area contributed by atoms with Crippen LogP contribution in [0.3, 0.4) is 0 Å². The number of fused-ring (bicyclic) bond motifs is 1. The second-order valence-corrected chi connectivity index (χ2v) is 6.27. The molecule has 0 bridgehead atoms. The summed E-state index contributed by atoms with van der Waals surface area (Å²) in [4.78, 5) is 17.0. The highest BCUT2D eigenvalue weighted by molar-refractivity contribution is 8.18.